The summed E-state index contributed by atoms with van der Waals surface area (Å²) >= 11 is 0. The van der Waals surface area contributed by atoms with Gasteiger partial charge in [-0.1, -0.05) is 30.3 Å². The van der Waals surface area contributed by atoms with Gasteiger partial charge in [-0.25, -0.2) is 4.98 Å². The first-order valence-electron chi connectivity index (χ1n) is 13.1. The molecule has 4 heterocycles. The average Bonchev–Trinajstić information content (AvgIpc) is 2.93. The van der Waals surface area contributed by atoms with Crippen molar-refractivity contribution in [3.05, 3.63) is 65.9 Å². The Morgan fingerprint density at radius 2 is 1.94 bits per heavy atom. The third-order valence-corrected chi connectivity index (χ3v) is 7.77. The fourth-order valence-corrected chi connectivity index (χ4v) is 5.79. The van der Waals surface area contributed by atoms with Crippen molar-refractivity contribution in [3.8, 4) is 5.88 Å². The Bertz CT molecular complexity index is 1050. The van der Waals surface area contributed by atoms with Gasteiger partial charge in [-0.15, -0.1) is 0 Å². The quantitative estimate of drug-likeness (QED) is 0.437. The molecule has 3 saturated heterocycles. The largest absolute Gasteiger partial charge is 0.478 e. The monoisotopic (exact) mass is 489 g/mol. The summed E-state index contributed by atoms with van der Waals surface area (Å²) in [6.07, 6.45) is 9.10. The van der Waals surface area contributed by atoms with Gasteiger partial charge in [-0.05, 0) is 73.4 Å². The number of amides is 1. The van der Waals surface area contributed by atoms with Gasteiger partial charge in [0.1, 0.15) is 5.92 Å². The molecule has 2 aromatic rings. The van der Waals surface area contributed by atoms with Crippen molar-refractivity contribution in [3.63, 3.8) is 0 Å². The van der Waals surface area contributed by atoms with Crippen LogP contribution < -0.4 is 15.4 Å². The van der Waals surface area contributed by atoms with Crippen LogP contribution in [0.15, 0.2) is 54.7 Å². The van der Waals surface area contributed by atoms with E-state index >= 15 is 0 Å². The molecule has 5 rings (SSSR count). The molecule has 0 radical (unpaired) electrons. The second kappa shape index (κ2) is 11.8. The number of nitrogens with one attached hydrogen (secondary N) is 2. The molecule has 3 aliphatic heterocycles. The van der Waals surface area contributed by atoms with Crippen molar-refractivity contribution < 1.29 is 19.1 Å². The second-order valence-corrected chi connectivity index (χ2v) is 10.0. The van der Waals surface area contributed by atoms with E-state index < -0.39 is 5.92 Å². The molecule has 1 amide bonds. The minimum Gasteiger partial charge on any atom is -0.478 e. The molecule has 7 heteroatoms. The van der Waals surface area contributed by atoms with Crippen LogP contribution in [0.25, 0.3) is 6.08 Å². The van der Waals surface area contributed by atoms with Crippen molar-refractivity contribution in [2.24, 2.45) is 17.8 Å². The van der Waals surface area contributed by atoms with Gasteiger partial charge in [0.25, 0.3) is 0 Å². The normalized spacial score (nSPS) is 26.8. The predicted octanol–water partition coefficient (Wildman–Crippen LogP) is 3.37. The molecule has 1 aromatic carbocycles. The number of ketones is 1. The fraction of sp³-hybridized carbons (Fsp3) is 0.483. The summed E-state index contributed by atoms with van der Waals surface area (Å²) < 4.78 is 11.2. The second-order valence-electron chi connectivity index (χ2n) is 10.0. The molecule has 3 fully saturated rings. The van der Waals surface area contributed by atoms with Crippen LogP contribution in [-0.2, 0) is 14.3 Å². The maximum atomic E-state index is 13.4. The minimum atomic E-state index is -0.733. The summed E-state index contributed by atoms with van der Waals surface area (Å²) in [6.45, 7) is 3.96. The Hall–Kier alpha value is -3.03. The topological polar surface area (TPSA) is 89.6 Å². The third-order valence-electron chi connectivity index (χ3n) is 7.77. The number of hydrogen-bond acceptors (Lipinski definition) is 6. The van der Waals surface area contributed by atoms with E-state index in [1.54, 1.807) is 12.3 Å². The number of carbonyl (C=O) groups is 2. The van der Waals surface area contributed by atoms with E-state index in [0.717, 1.165) is 63.1 Å². The molecular formula is C29H35N3O4. The van der Waals surface area contributed by atoms with E-state index in [0.29, 0.717) is 18.4 Å². The molecule has 1 aromatic heterocycles. The number of rotatable bonds is 8. The highest BCUT2D eigenvalue weighted by Gasteiger charge is 2.47. The number of hydrogen-bond donors (Lipinski definition) is 2. The third kappa shape index (κ3) is 5.85. The maximum Gasteiger partial charge on any atom is 0.231 e. The number of ether oxygens (including phenoxy) is 2. The van der Waals surface area contributed by atoms with Crippen LogP contribution in [-0.4, -0.2) is 55.6 Å². The van der Waals surface area contributed by atoms with Gasteiger partial charge in [-0.3, -0.25) is 9.59 Å². The van der Waals surface area contributed by atoms with Crippen LogP contribution in [0.5, 0.6) is 5.88 Å². The summed E-state index contributed by atoms with van der Waals surface area (Å²) in [6, 6.07) is 13.8. The Kier molecular flexibility index (Phi) is 8.08. The highest BCUT2D eigenvalue weighted by atomic mass is 16.5. The van der Waals surface area contributed by atoms with Crippen LogP contribution in [0.2, 0.25) is 0 Å². The number of pyridine rings is 1. The van der Waals surface area contributed by atoms with Crippen molar-refractivity contribution in [1.82, 2.24) is 15.6 Å². The number of aromatic nitrogens is 1. The Morgan fingerprint density at radius 3 is 2.72 bits per heavy atom. The first-order chi connectivity index (χ1) is 17.7. The summed E-state index contributed by atoms with van der Waals surface area (Å²) in [5.74, 6) is 0.248. The van der Waals surface area contributed by atoms with Gasteiger partial charge >= 0.3 is 0 Å². The number of benzene rings is 1. The molecule has 0 bridgehead atoms. The van der Waals surface area contributed by atoms with Crippen LogP contribution in [0.3, 0.4) is 0 Å². The van der Waals surface area contributed by atoms with Gasteiger partial charge in [0.2, 0.25) is 11.8 Å². The Labute approximate surface area is 212 Å². The molecule has 0 aliphatic carbocycles. The van der Waals surface area contributed by atoms with Gasteiger partial charge in [-0.2, -0.15) is 0 Å². The molecule has 3 aliphatic rings. The Morgan fingerprint density at radius 1 is 1.11 bits per heavy atom. The van der Waals surface area contributed by atoms with Crippen LogP contribution in [0.4, 0.5) is 0 Å². The highest BCUT2D eigenvalue weighted by molar-refractivity contribution is 6.09. The zero-order valence-electron chi connectivity index (χ0n) is 20.6. The molecule has 7 nitrogen and oxygen atoms in total. The van der Waals surface area contributed by atoms with Gasteiger partial charge in [0.05, 0.1) is 6.61 Å². The van der Waals surface area contributed by atoms with E-state index in [-0.39, 0.29) is 29.6 Å². The minimum absolute atomic E-state index is 0.0488. The lowest BCUT2D eigenvalue weighted by Gasteiger charge is -2.45. The first-order valence-corrected chi connectivity index (χ1v) is 13.1. The maximum absolute atomic E-state index is 13.4. The molecule has 190 valence electrons. The Balaban J connectivity index is 1.23. The predicted molar refractivity (Wildman–Crippen MR) is 138 cm³/mol. The first kappa shape index (κ1) is 24.7. The molecule has 2 N–H and O–H groups in total. The zero-order valence-corrected chi connectivity index (χ0v) is 20.6. The highest BCUT2D eigenvalue weighted by Crippen LogP contribution is 2.41. The van der Waals surface area contributed by atoms with E-state index in [1.165, 1.54) is 6.08 Å². The number of allylic oxidation sites excluding steroid dienone is 1. The average molecular weight is 490 g/mol. The fourth-order valence-electron chi connectivity index (χ4n) is 5.79. The molecule has 4 unspecified atom stereocenters. The smallest absolute Gasteiger partial charge is 0.231 e. The number of carbonyl (C=O) groups excluding carboxylic acids is 2. The summed E-state index contributed by atoms with van der Waals surface area (Å²) in [7, 11) is 0. The number of fused-ring (bicyclic) bond motifs is 1. The van der Waals surface area contributed by atoms with Gasteiger partial charge in [0, 0.05) is 44.0 Å². The van der Waals surface area contributed by atoms with Crippen LogP contribution in [0.1, 0.15) is 42.7 Å². The number of nitrogens with zero attached hydrogens (tertiary/aromatic N) is 1. The van der Waals surface area contributed by atoms with Gasteiger partial charge < -0.3 is 20.1 Å². The summed E-state index contributed by atoms with van der Waals surface area (Å²) in [4.78, 5) is 30.9. The number of piperidine rings is 2. The molecule has 4 atom stereocenters. The van der Waals surface area contributed by atoms with E-state index in [2.05, 4.69) is 15.6 Å². The van der Waals surface area contributed by atoms with Crippen LogP contribution in [0, 0.1) is 17.8 Å². The SMILES string of the molecule is O=C(/C=C/c1ccc(OCCC2CCOCC2)nc1)C1C(=O)NC2CNCCC2C1c1ccccc1. The summed E-state index contributed by atoms with van der Waals surface area (Å²) in [5, 5.41) is 6.47. The van der Waals surface area contributed by atoms with Crippen molar-refractivity contribution in [1.29, 1.82) is 0 Å². The van der Waals surface area contributed by atoms with E-state index in [9.17, 15) is 9.59 Å². The van der Waals surface area contributed by atoms with Crippen molar-refractivity contribution >= 4 is 17.8 Å². The van der Waals surface area contributed by atoms with Crippen LogP contribution >= 0.6 is 0 Å². The van der Waals surface area contributed by atoms with E-state index in [4.69, 9.17) is 9.47 Å². The molecule has 36 heavy (non-hydrogen) atoms. The van der Waals surface area contributed by atoms with Crippen molar-refractivity contribution in [2.45, 2.75) is 37.6 Å². The summed E-state index contributed by atoms with van der Waals surface area (Å²) in [5.41, 5.74) is 1.85. The van der Waals surface area contributed by atoms with Crippen molar-refractivity contribution in [2.75, 3.05) is 32.9 Å². The lowest BCUT2D eigenvalue weighted by Crippen LogP contribution is -2.61. The standard InChI is InChI=1S/C29H35N3O4/c33-25(8-6-21-7-9-26(31-18-21)36-17-13-20-11-15-35-16-12-20)28-27(22-4-2-1-3-5-22)23-10-14-30-19-24(23)32-29(28)34/h1-9,18,20,23-24,27-28,30H,10-17,19H2,(H,32,34)/b8-6+. The van der Waals surface area contributed by atoms with E-state index in [1.807, 2.05) is 42.5 Å². The molecule has 0 spiro atoms. The van der Waals surface area contributed by atoms with Gasteiger partial charge in [0.15, 0.2) is 5.78 Å². The molecular weight excluding hydrogens is 454 g/mol. The molecule has 0 saturated carbocycles. The lowest BCUT2D eigenvalue weighted by atomic mass is 9.67. The lowest BCUT2D eigenvalue weighted by molar-refractivity contribution is -0.137. The zero-order chi connectivity index (χ0) is 24.7.